The van der Waals surface area contributed by atoms with Crippen molar-refractivity contribution in [1.82, 2.24) is 14.7 Å². The van der Waals surface area contributed by atoms with Crippen LogP contribution in [0.3, 0.4) is 0 Å². The number of nitrogens with zero attached hydrogens (tertiary/aromatic N) is 3. The minimum absolute atomic E-state index is 0.0845. The van der Waals surface area contributed by atoms with E-state index in [1.54, 1.807) is 4.90 Å². The van der Waals surface area contributed by atoms with Gasteiger partial charge in [0.15, 0.2) is 0 Å². The van der Waals surface area contributed by atoms with E-state index in [-0.39, 0.29) is 17.6 Å². The van der Waals surface area contributed by atoms with Crippen LogP contribution in [-0.4, -0.2) is 72.6 Å². The summed E-state index contributed by atoms with van der Waals surface area (Å²) in [6, 6.07) is 14.6. The number of piperidine rings is 1. The molecule has 6 heteroatoms. The number of carbonyl (C=O) groups is 1. The Morgan fingerprint density at radius 1 is 1.20 bits per heavy atom. The highest BCUT2D eigenvalue weighted by Gasteiger charge is 2.44. The number of morpholine rings is 1. The Kier molecular flexibility index (Phi) is 6.58. The van der Waals surface area contributed by atoms with E-state index >= 15 is 0 Å². The van der Waals surface area contributed by atoms with E-state index in [1.165, 1.54) is 9.75 Å². The van der Waals surface area contributed by atoms with Crippen LogP contribution in [0.2, 0.25) is 0 Å². The largest absolute Gasteiger partial charge is 0.359 e. The van der Waals surface area contributed by atoms with Crippen molar-refractivity contribution in [1.29, 1.82) is 0 Å². The Balaban J connectivity index is 1.35. The Hall–Kier alpha value is -1.73. The molecule has 0 saturated carbocycles. The van der Waals surface area contributed by atoms with Gasteiger partial charge < -0.3 is 14.5 Å². The SMILES string of the molecule is Cc1ccc(CN2CCC3(CC2)CN(C)C[C@H](C(=O)N(C)Cc2ccccc2)O3)s1. The maximum Gasteiger partial charge on any atom is 0.253 e. The van der Waals surface area contributed by atoms with E-state index in [2.05, 4.69) is 48.0 Å². The predicted octanol–water partition coefficient (Wildman–Crippen LogP) is 3.38. The average Bonchev–Trinajstić information content (AvgIpc) is 3.14. The van der Waals surface area contributed by atoms with Crippen LogP contribution in [0.1, 0.15) is 28.2 Å². The minimum Gasteiger partial charge on any atom is -0.359 e. The first-order valence-electron chi connectivity index (χ1n) is 10.9. The number of amides is 1. The van der Waals surface area contributed by atoms with E-state index in [1.807, 2.05) is 36.6 Å². The van der Waals surface area contributed by atoms with Gasteiger partial charge in [-0.2, -0.15) is 0 Å². The average molecular weight is 428 g/mol. The highest BCUT2D eigenvalue weighted by atomic mass is 32.1. The minimum atomic E-state index is -0.385. The van der Waals surface area contributed by atoms with Crippen molar-refractivity contribution in [3.8, 4) is 0 Å². The van der Waals surface area contributed by atoms with Crippen LogP contribution in [0, 0.1) is 6.92 Å². The van der Waals surface area contributed by atoms with Crippen molar-refractivity contribution >= 4 is 17.2 Å². The molecule has 2 aliphatic rings. The molecular weight excluding hydrogens is 394 g/mol. The fourth-order valence-electron chi connectivity index (χ4n) is 4.71. The molecule has 0 unspecified atom stereocenters. The molecule has 162 valence electrons. The predicted molar refractivity (Wildman–Crippen MR) is 122 cm³/mol. The summed E-state index contributed by atoms with van der Waals surface area (Å²) >= 11 is 1.89. The van der Waals surface area contributed by atoms with Gasteiger partial charge in [-0.25, -0.2) is 0 Å². The summed E-state index contributed by atoms with van der Waals surface area (Å²) in [6.45, 7) is 7.41. The molecule has 5 nitrogen and oxygen atoms in total. The summed E-state index contributed by atoms with van der Waals surface area (Å²) < 4.78 is 6.55. The van der Waals surface area contributed by atoms with Crippen LogP contribution in [0.25, 0.3) is 0 Å². The van der Waals surface area contributed by atoms with Crippen LogP contribution in [-0.2, 0) is 22.6 Å². The number of hydrogen-bond donors (Lipinski definition) is 0. The van der Waals surface area contributed by atoms with Crippen LogP contribution < -0.4 is 0 Å². The second-order valence-electron chi connectivity index (χ2n) is 8.95. The highest BCUT2D eigenvalue weighted by Crippen LogP contribution is 2.33. The van der Waals surface area contributed by atoms with E-state index in [4.69, 9.17) is 4.74 Å². The lowest BCUT2D eigenvalue weighted by Gasteiger charge is -2.49. The lowest BCUT2D eigenvalue weighted by Crippen LogP contribution is -2.61. The van der Waals surface area contributed by atoms with Gasteiger partial charge in [-0.3, -0.25) is 9.69 Å². The van der Waals surface area contributed by atoms with E-state index in [9.17, 15) is 4.79 Å². The first-order chi connectivity index (χ1) is 14.4. The van der Waals surface area contributed by atoms with Gasteiger partial charge in [-0.15, -0.1) is 11.3 Å². The van der Waals surface area contributed by atoms with E-state index < -0.39 is 0 Å². The third kappa shape index (κ3) is 5.11. The molecule has 4 rings (SSSR count). The molecular formula is C24H33N3O2S. The molecule has 1 amide bonds. The number of hydrogen-bond acceptors (Lipinski definition) is 5. The maximum absolute atomic E-state index is 13.1. The summed E-state index contributed by atoms with van der Waals surface area (Å²) in [7, 11) is 3.99. The van der Waals surface area contributed by atoms with Crippen LogP contribution >= 0.6 is 11.3 Å². The van der Waals surface area contributed by atoms with Crippen LogP contribution in [0.5, 0.6) is 0 Å². The summed E-state index contributed by atoms with van der Waals surface area (Å²) in [6.07, 6.45) is 1.57. The number of thiophene rings is 1. The Morgan fingerprint density at radius 3 is 2.60 bits per heavy atom. The smallest absolute Gasteiger partial charge is 0.253 e. The second-order valence-corrected chi connectivity index (χ2v) is 10.3. The van der Waals surface area contributed by atoms with Crippen molar-refractivity contribution in [2.24, 2.45) is 0 Å². The molecule has 1 spiro atoms. The third-order valence-electron chi connectivity index (χ3n) is 6.28. The van der Waals surface area contributed by atoms with E-state index in [0.29, 0.717) is 13.1 Å². The van der Waals surface area contributed by atoms with Gasteiger partial charge in [0, 0.05) is 56.1 Å². The summed E-state index contributed by atoms with van der Waals surface area (Å²) in [5, 5.41) is 0. The zero-order valence-corrected chi connectivity index (χ0v) is 19.2. The first-order valence-corrected chi connectivity index (χ1v) is 11.7. The van der Waals surface area contributed by atoms with Crippen molar-refractivity contribution in [3.63, 3.8) is 0 Å². The fourth-order valence-corrected chi connectivity index (χ4v) is 5.64. The second kappa shape index (κ2) is 9.18. The molecule has 2 fully saturated rings. The highest BCUT2D eigenvalue weighted by molar-refractivity contribution is 7.11. The number of carbonyl (C=O) groups excluding carboxylic acids is 1. The number of ether oxygens (including phenoxy) is 1. The van der Waals surface area contributed by atoms with Gasteiger partial charge in [0.2, 0.25) is 0 Å². The molecule has 30 heavy (non-hydrogen) atoms. The van der Waals surface area contributed by atoms with Gasteiger partial charge in [-0.05, 0) is 44.5 Å². The normalized spacial score (nSPS) is 22.3. The number of likely N-dealkylation sites (tertiary alicyclic amines) is 1. The molecule has 1 aromatic carbocycles. The maximum atomic E-state index is 13.1. The van der Waals surface area contributed by atoms with E-state index in [0.717, 1.165) is 44.6 Å². The van der Waals surface area contributed by atoms with Crippen molar-refractivity contribution < 1.29 is 9.53 Å². The van der Waals surface area contributed by atoms with Crippen molar-refractivity contribution in [2.45, 2.75) is 44.6 Å². The van der Waals surface area contributed by atoms with Gasteiger partial charge in [-0.1, -0.05) is 30.3 Å². The first kappa shape index (κ1) is 21.5. The van der Waals surface area contributed by atoms with Crippen molar-refractivity contribution in [2.75, 3.05) is 40.3 Å². The molecule has 0 radical (unpaired) electrons. The zero-order valence-electron chi connectivity index (χ0n) is 18.3. The molecule has 0 aliphatic carbocycles. The number of likely N-dealkylation sites (N-methyl/N-ethyl adjacent to an activating group) is 2. The number of rotatable bonds is 5. The molecule has 0 bridgehead atoms. The molecule has 1 aromatic heterocycles. The van der Waals surface area contributed by atoms with Gasteiger partial charge in [0.25, 0.3) is 5.91 Å². The summed E-state index contributed by atoms with van der Waals surface area (Å²) in [4.78, 5) is 22.6. The lowest BCUT2D eigenvalue weighted by molar-refractivity contribution is -0.188. The fraction of sp³-hybridized carbons (Fsp3) is 0.542. The Morgan fingerprint density at radius 2 is 1.93 bits per heavy atom. The molecule has 0 N–H and O–H groups in total. The Labute approximate surface area is 184 Å². The zero-order chi connectivity index (χ0) is 21.1. The quantitative estimate of drug-likeness (QED) is 0.733. The number of benzene rings is 1. The number of aryl methyl sites for hydroxylation is 1. The van der Waals surface area contributed by atoms with Gasteiger partial charge in [0.05, 0.1) is 5.60 Å². The molecule has 1 atom stereocenters. The summed E-state index contributed by atoms with van der Waals surface area (Å²) in [5.74, 6) is 0.0845. The lowest BCUT2D eigenvalue weighted by atomic mass is 9.88. The van der Waals surface area contributed by atoms with Gasteiger partial charge >= 0.3 is 0 Å². The van der Waals surface area contributed by atoms with Crippen molar-refractivity contribution in [3.05, 3.63) is 57.8 Å². The van der Waals surface area contributed by atoms with Crippen LogP contribution in [0.15, 0.2) is 42.5 Å². The monoisotopic (exact) mass is 427 g/mol. The topological polar surface area (TPSA) is 36.0 Å². The van der Waals surface area contributed by atoms with Gasteiger partial charge in [0.1, 0.15) is 6.10 Å². The standard InChI is InChI=1S/C24H33N3O2S/c1-19-9-10-21(30-19)16-27-13-11-24(12-14-27)18-25(2)17-22(29-24)23(28)26(3)15-20-7-5-4-6-8-20/h4-10,22H,11-18H2,1-3H3/t22-/m1/s1. The molecule has 2 aromatic rings. The third-order valence-corrected chi connectivity index (χ3v) is 7.27. The van der Waals surface area contributed by atoms with Crippen LogP contribution in [0.4, 0.5) is 0 Å². The molecule has 2 saturated heterocycles. The Bertz CT molecular complexity index is 845. The molecule has 3 heterocycles. The summed E-state index contributed by atoms with van der Waals surface area (Å²) in [5.41, 5.74) is 0.937. The molecule has 2 aliphatic heterocycles.